The van der Waals surface area contributed by atoms with Crippen molar-refractivity contribution in [2.24, 2.45) is 5.10 Å². The zero-order valence-electron chi connectivity index (χ0n) is 14.8. The molecule has 0 saturated carbocycles. The van der Waals surface area contributed by atoms with Gasteiger partial charge in [-0.2, -0.15) is 5.10 Å². The van der Waals surface area contributed by atoms with Crippen LogP contribution in [0.3, 0.4) is 0 Å². The molecule has 0 radical (unpaired) electrons. The third-order valence-electron chi connectivity index (χ3n) is 3.84. The Morgan fingerprint density at radius 3 is 2.50 bits per heavy atom. The molecule has 0 atom stereocenters. The van der Waals surface area contributed by atoms with Crippen molar-refractivity contribution in [1.82, 2.24) is 5.43 Å². The summed E-state index contributed by atoms with van der Waals surface area (Å²) in [6, 6.07) is 5.65. The van der Waals surface area contributed by atoms with E-state index in [9.17, 15) is 4.79 Å². The van der Waals surface area contributed by atoms with E-state index in [1.54, 1.807) is 13.3 Å². The van der Waals surface area contributed by atoms with Crippen molar-refractivity contribution in [3.8, 4) is 5.75 Å². The Labute approximate surface area is 154 Å². The Kier molecular flexibility index (Phi) is 11.2. The van der Waals surface area contributed by atoms with E-state index in [1.165, 1.54) is 38.5 Å². The molecule has 0 aliphatic heterocycles. The summed E-state index contributed by atoms with van der Waals surface area (Å²) >= 11 is 3.41. The third kappa shape index (κ3) is 9.06. The lowest BCUT2D eigenvalue weighted by molar-refractivity contribution is -0.121. The van der Waals surface area contributed by atoms with Gasteiger partial charge in [-0.05, 0) is 24.6 Å². The molecule has 0 unspecified atom stereocenters. The van der Waals surface area contributed by atoms with Crippen LogP contribution in [0.2, 0.25) is 0 Å². The molecular weight excluding hydrogens is 368 g/mol. The van der Waals surface area contributed by atoms with E-state index in [-0.39, 0.29) is 5.91 Å². The normalized spacial score (nSPS) is 11.0. The fraction of sp³-hybridized carbons (Fsp3) is 0.579. The van der Waals surface area contributed by atoms with E-state index in [0.29, 0.717) is 6.42 Å². The zero-order valence-corrected chi connectivity index (χ0v) is 16.4. The maximum Gasteiger partial charge on any atom is 0.240 e. The van der Waals surface area contributed by atoms with Gasteiger partial charge < -0.3 is 4.74 Å². The largest absolute Gasteiger partial charge is 0.496 e. The van der Waals surface area contributed by atoms with Gasteiger partial charge in [-0.1, -0.05) is 67.8 Å². The molecule has 0 aromatic heterocycles. The minimum atomic E-state index is -0.0359. The highest BCUT2D eigenvalue weighted by Gasteiger charge is 2.02. The van der Waals surface area contributed by atoms with Gasteiger partial charge in [0.25, 0.3) is 0 Å². The van der Waals surface area contributed by atoms with Crippen LogP contribution in [0.1, 0.15) is 70.3 Å². The number of hydrazone groups is 1. The van der Waals surface area contributed by atoms with Gasteiger partial charge in [-0.3, -0.25) is 4.79 Å². The molecule has 0 saturated heterocycles. The highest BCUT2D eigenvalue weighted by Crippen LogP contribution is 2.21. The number of unbranched alkanes of at least 4 members (excludes halogenated alkanes) is 7. The second kappa shape index (κ2) is 13.0. The SMILES string of the molecule is CCCCCCCCCCC(=O)NN=Cc1cc(Br)ccc1OC. The predicted molar refractivity (Wildman–Crippen MR) is 104 cm³/mol. The lowest BCUT2D eigenvalue weighted by atomic mass is 10.1. The molecule has 0 heterocycles. The van der Waals surface area contributed by atoms with Crippen molar-refractivity contribution in [3.63, 3.8) is 0 Å². The molecule has 0 fully saturated rings. The second-order valence-corrected chi connectivity index (χ2v) is 6.82. The predicted octanol–water partition coefficient (Wildman–Crippen LogP) is 5.44. The van der Waals surface area contributed by atoms with E-state index in [0.717, 1.165) is 28.6 Å². The van der Waals surface area contributed by atoms with E-state index >= 15 is 0 Å². The number of methoxy groups -OCH3 is 1. The van der Waals surface area contributed by atoms with Crippen LogP contribution in [0.15, 0.2) is 27.8 Å². The van der Waals surface area contributed by atoms with Crippen molar-refractivity contribution in [3.05, 3.63) is 28.2 Å². The zero-order chi connectivity index (χ0) is 17.6. The number of halogens is 1. The van der Waals surface area contributed by atoms with Crippen LogP contribution in [0.4, 0.5) is 0 Å². The topological polar surface area (TPSA) is 50.7 Å². The number of hydrogen-bond acceptors (Lipinski definition) is 3. The average Bonchev–Trinajstić information content (AvgIpc) is 2.57. The Hall–Kier alpha value is -1.36. The lowest BCUT2D eigenvalue weighted by Gasteiger charge is -2.05. The number of hydrogen-bond donors (Lipinski definition) is 1. The highest BCUT2D eigenvalue weighted by atomic mass is 79.9. The third-order valence-corrected chi connectivity index (χ3v) is 4.34. The number of benzene rings is 1. The summed E-state index contributed by atoms with van der Waals surface area (Å²) in [7, 11) is 1.61. The Balaban J connectivity index is 2.19. The van der Waals surface area contributed by atoms with Gasteiger partial charge in [0.2, 0.25) is 5.91 Å². The summed E-state index contributed by atoms with van der Waals surface area (Å²) in [5.41, 5.74) is 3.40. The maximum absolute atomic E-state index is 11.8. The van der Waals surface area contributed by atoms with Crippen LogP contribution in [0.25, 0.3) is 0 Å². The van der Waals surface area contributed by atoms with Gasteiger partial charge in [0, 0.05) is 16.5 Å². The Morgan fingerprint density at radius 2 is 1.83 bits per heavy atom. The molecular formula is C19H29BrN2O2. The van der Waals surface area contributed by atoms with E-state index in [2.05, 4.69) is 33.4 Å². The molecule has 1 amide bonds. The van der Waals surface area contributed by atoms with Gasteiger partial charge in [0.1, 0.15) is 5.75 Å². The van der Waals surface area contributed by atoms with Crippen LogP contribution >= 0.6 is 15.9 Å². The number of nitrogens with one attached hydrogen (secondary N) is 1. The molecule has 5 heteroatoms. The van der Waals surface area contributed by atoms with Crippen molar-refractivity contribution >= 4 is 28.1 Å². The second-order valence-electron chi connectivity index (χ2n) is 5.90. The number of carbonyl (C=O) groups is 1. The number of ether oxygens (including phenoxy) is 1. The fourth-order valence-electron chi connectivity index (χ4n) is 2.46. The van der Waals surface area contributed by atoms with Crippen molar-refractivity contribution in [1.29, 1.82) is 0 Å². The fourth-order valence-corrected chi connectivity index (χ4v) is 2.83. The van der Waals surface area contributed by atoms with Crippen LogP contribution in [0, 0.1) is 0 Å². The first kappa shape index (κ1) is 20.7. The van der Waals surface area contributed by atoms with Gasteiger partial charge in [-0.25, -0.2) is 5.43 Å². The highest BCUT2D eigenvalue weighted by molar-refractivity contribution is 9.10. The summed E-state index contributed by atoms with van der Waals surface area (Å²) in [4.78, 5) is 11.8. The first-order valence-corrected chi connectivity index (χ1v) is 9.62. The number of rotatable bonds is 12. The van der Waals surface area contributed by atoms with Gasteiger partial charge in [-0.15, -0.1) is 0 Å². The maximum atomic E-state index is 11.8. The van der Waals surface area contributed by atoms with Crippen LogP contribution < -0.4 is 10.2 Å². The monoisotopic (exact) mass is 396 g/mol. The molecule has 4 nitrogen and oxygen atoms in total. The number of amides is 1. The van der Waals surface area contributed by atoms with Gasteiger partial charge >= 0.3 is 0 Å². The average molecular weight is 397 g/mol. The first-order valence-electron chi connectivity index (χ1n) is 8.82. The molecule has 0 bridgehead atoms. The van der Waals surface area contributed by atoms with Crippen molar-refractivity contribution in [2.45, 2.75) is 64.7 Å². The summed E-state index contributed by atoms with van der Waals surface area (Å²) < 4.78 is 6.20. The van der Waals surface area contributed by atoms with E-state index in [4.69, 9.17) is 4.74 Å². The van der Waals surface area contributed by atoms with Crippen LogP contribution in [0.5, 0.6) is 5.75 Å². The minimum absolute atomic E-state index is 0.0359. The Bertz CT molecular complexity index is 518. The number of nitrogens with zero attached hydrogens (tertiary/aromatic N) is 1. The summed E-state index contributed by atoms with van der Waals surface area (Å²) in [6.07, 6.45) is 12.0. The molecule has 134 valence electrons. The molecule has 0 aliphatic carbocycles. The Morgan fingerprint density at radius 1 is 1.17 bits per heavy atom. The molecule has 24 heavy (non-hydrogen) atoms. The van der Waals surface area contributed by atoms with Crippen molar-refractivity contribution < 1.29 is 9.53 Å². The van der Waals surface area contributed by atoms with Crippen LogP contribution in [-0.4, -0.2) is 19.2 Å². The standard InChI is InChI=1S/C19H29BrN2O2/c1-3-4-5-6-7-8-9-10-11-19(23)22-21-15-16-14-17(20)12-13-18(16)24-2/h12-15H,3-11H2,1-2H3,(H,22,23). The van der Waals surface area contributed by atoms with Crippen LogP contribution in [-0.2, 0) is 4.79 Å². The molecule has 1 aromatic rings. The molecule has 0 spiro atoms. The van der Waals surface area contributed by atoms with Crippen molar-refractivity contribution in [2.75, 3.05) is 7.11 Å². The first-order chi connectivity index (χ1) is 11.7. The summed E-state index contributed by atoms with van der Waals surface area (Å²) in [5.74, 6) is 0.686. The summed E-state index contributed by atoms with van der Waals surface area (Å²) in [6.45, 7) is 2.23. The molecule has 0 aliphatic rings. The van der Waals surface area contributed by atoms with E-state index < -0.39 is 0 Å². The number of carbonyl (C=O) groups excluding carboxylic acids is 1. The molecule has 1 N–H and O–H groups in total. The van der Waals surface area contributed by atoms with Gasteiger partial charge in [0.05, 0.1) is 13.3 Å². The molecule has 1 rings (SSSR count). The smallest absolute Gasteiger partial charge is 0.240 e. The molecule has 1 aromatic carbocycles. The summed E-state index contributed by atoms with van der Waals surface area (Å²) in [5, 5.41) is 4.01. The quantitative estimate of drug-likeness (QED) is 0.290. The van der Waals surface area contributed by atoms with E-state index in [1.807, 2.05) is 18.2 Å². The lowest BCUT2D eigenvalue weighted by Crippen LogP contribution is -2.17. The minimum Gasteiger partial charge on any atom is -0.496 e. The van der Waals surface area contributed by atoms with Gasteiger partial charge in [0.15, 0.2) is 0 Å².